The SMILES string of the molecule is COC(=O)C(CCCN=C(N)N[N+](=O)[O-])NC(=O)c1ccc(C)cc1. The Morgan fingerprint density at radius 2 is 2.00 bits per heavy atom. The first-order chi connectivity index (χ1) is 11.8. The highest BCUT2D eigenvalue weighted by Gasteiger charge is 2.21. The minimum absolute atomic E-state index is 0.153. The molecule has 1 aromatic carbocycles. The molecule has 0 aromatic heterocycles. The van der Waals surface area contributed by atoms with E-state index >= 15 is 0 Å². The van der Waals surface area contributed by atoms with E-state index in [1.807, 2.05) is 6.92 Å². The van der Waals surface area contributed by atoms with Crippen LogP contribution in [0.2, 0.25) is 0 Å². The average molecular weight is 351 g/mol. The van der Waals surface area contributed by atoms with Gasteiger partial charge in [-0.1, -0.05) is 23.1 Å². The summed E-state index contributed by atoms with van der Waals surface area (Å²) in [6, 6.07) is 6.06. The maximum absolute atomic E-state index is 12.2. The number of guanidine groups is 1. The molecule has 0 aliphatic carbocycles. The number of hydrogen-bond acceptors (Lipinski definition) is 6. The van der Waals surface area contributed by atoms with Gasteiger partial charge in [0.1, 0.15) is 6.04 Å². The minimum Gasteiger partial charge on any atom is -0.467 e. The van der Waals surface area contributed by atoms with Gasteiger partial charge in [0.25, 0.3) is 11.9 Å². The number of carbonyl (C=O) groups excluding carboxylic acids is 2. The predicted molar refractivity (Wildman–Crippen MR) is 90.3 cm³/mol. The Labute approximate surface area is 144 Å². The fraction of sp³-hybridized carbons (Fsp3) is 0.400. The fourth-order valence-corrected chi connectivity index (χ4v) is 1.96. The van der Waals surface area contributed by atoms with Gasteiger partial charge in [0.15, 0.2) is 5.03 Å². The van der Waals surface area contributed by atoms with E-state index < -0.39 is 23.0 Å². The number of nitrogens with zero attached hydrogens (tertiary/aromatic N) is 2. The monoisotopic (exact) mass is 351 g/mol. The van der Waals surface area contributed by atoms with Crippen molar-refractivity contribution in [3.05, 3.63) is 45.5 Å². The van der Waals surface area contributed by atoms with Crippen LogP contribution in [0.1, 0.15) is 28.8 Å². The number of carbonyl (C=O) groups is 2. The molecule has 0 aliphatic heterocycles. The zero-order chi connectivity index (χ0) is 18.8. The number of aliphatic imine (C=N–C) groups is 1. The Bertz CT molecular complexity index is 644. The quantitative estimate of drug-likeness (QED) is 0.151. The summed E-state index contributed by atoms with van der Waals surface area (Å²) in [4.78, 5) is 37.9. The highest BCUT2D eigenvalue weighted by atomic mass is 16.7. The second kappa shape index (κ2) is 9.85. The largest absolute Gasteiger partial charge is 0.467 e. The molecule has 0 bridgehead atoms. The zero-order valence-corrected chi connectivity index (χ0v) is 14.0. The van der Waals surface area contributed by atoms with Gasteiger partial charge in [0.2, 0.25) is 0 Å². The summed E-state index contributed by atoms with van der Waals surface area (Å²) in [6.07, 6.45) is 0.619. The first-order valence-corrected chi connectivity index (χ1v) is 7.49. The number of methoxy groups -OCH3 is 1. The lowest BCUT2D eigenvalue weighted by molar-refractivity contribution is -0.525. The number of amides is 1. The van der Waals surface area contributed by atoms with Crippen molar-refractivity contribution in [1.82, 2.24) is 10.7 Å². The number of nitrogens with one attached hydrogen (secondary N) is 2. The van der Waals surface area contributed by atoms with E-state index in [2.05, 4.69) is 15.0 Å². The number of esters is 1. The van der Waals surface area contributed by atoms with E-state index in [9.17, 15) is 19.7 Å². The molecular formula is C15H21N5O5. The van der Waals surface area contributed by atoms with Crippen LogP contribution in [-0.2, 0) is 9.53 Å². The number of ether oxygens (including phenoxy) is 1. The third kappa shape index (κ3) is 7.29. The normalized spacial score (nSPS) is 12.2. The van der Waals surface area contributed by atoms with E-state index in [1.54, 1.807) is 29.7 Å². The molecule has 0 saturated heterocycles. The molecule has 0 aliphatic rings. The van der Waals surface area contributed by atoms with Gasteiger partial charge in [0.05, 0.1) is 7.11 Å². The molecule has 25 heavy (non-hydrogen) atoms. The maximum Gasteiger partial charge on any atom is 0.328 e. The molecule has 0 spiro atoms. The molecule has 0 fully saturated rings. The summed E-state index contributed by atoms with van der Waals surface area (Å²) in [6.45, 7) is 2.06. The molecule has 4 N–H and O–H groups in total. The second-order valence-corrected chi connectivity index (χ2v) is 5.19. The highest BCUT2D eigenvalue weighted by Crippen LogP contribution is 2.06. The van der Waals surface area contributed by atoms with Crippen LogP contribution in [0, 0.1) is 17.0 Å². The molecule has 136 valence electrons. The maximum atomic E-state index is 12.2. The van der Waals surface area contributed by atoms with Crippen molar-refractivity contribution in [3.63, 3.8) is 0 Å². The van der Waals surface area contributed by atoms with Crippen LogP contribution in [0.3, 0.4) is 0 Å². The molecular weight excluding hydrogens is 330 g/mol. The van der Waals surface area contributed by atoms with Gasteiger partial charge in [-0.05, 0) is 31.9 Å². The van der Waals surface area contributed by atoms with Crippen molar-refractivity contribution in [2.75, 3.05) is 13.7 Å². The van der Waals surface area contributed by atoms with Gasteiger partial charge in [0, 0.05) is 12.1 Å². The average Bonchev–Trinajstić information content (AvgIpc) is 2.56. The summed E-state index contributed by atoms with van der Waals surface area (Å²) in [5, 5.41) is 12.0. The lowest BCUT2D eigenvalue weighted by Gasteiger charge is -2.16. The molecule has 1 atom stereocenters. The third-order valence-corrected chi connectivity index (χ3v) is 3.24. The standard InChI is InChI=1S/C15H21N5O5/c1-10-5-7-11(8-6-10)13(21)18-12(14(22)25-2)4-3-9-17-15(16)19-20(23)24/h5-8,12H,3-4,9H2,1-2H3,(H,18,21)(H3,16,17,19). The first-order valence-electron chi connectivity index (χ1n) is 7.49. The molecule has 10 nitrogen and oxygen atoms in total. The number of benzene rings is 1. The van der Waals surface area contributed by atoms with Crippen LogP contribution >= 0.6 is 0 Å². The molecule has 1 rings (SSSR count). The lowest BCUT2D eigenvalue weighted by atomic mass is 10.1. The van der Waals surface area contributed by atoms with Gasteiger partial charge in [-0.15, -0.1) is 0 Å². The van der Waals surface area contributed by atoms with Crippen LogP contribution in [0.4, 0.5) is 0 Å². The molecule has 1 unspecified atom stereocenters. The predicted octanol–water partition coefficient (Wildman–Crippen LogP) is 0.143. The van der Waals surface area contributed by atoms with E-state index in [1.165, 1.54) is 7.11 Å². The smallest absolute Gasteiger partial charge is 0.328 e. The fourth-order valence-electron chi connectivity index (χ4n) is 1.96. The van der Waals surface area contributed by atoms with Crippen LogP contribution in [0.15, 0.2) is 29.3 Å². The molecule has 1 aromatic rings. The van der Waals surface area contributed by atoms with Crippen molar-refractivity contribution in [2.24, 2.45) is 10.7 Å². The van der Waals surface area contributed by atoms with Crippen molar-refractivity contribution in [3.8, 4) is 0 Å². The van der Waals surface area contributed by atoms with E-state index in [0.29, 0.717) is 12.0 Å². The van der Waals surface area contributed by atoms with Gasteiger partial charge in [-0.25, -0.2) is 19.9 Å². The highest BCUT2D eigenvalue weighted by molar-refractivity contribution is 5.96. The molecule has 0 radical (unpaired) electrons. The third-order valence-electron chi connectivity index (χ3n) is 3.24. The number of nitrogens with two attached hydrogens (primary N) is 1. The molecule has 10 heteroatoms. The van der Waals surface area contributed by atoms with E-state index in [0.717, 1.165) is 5.56 Å². The number of aryl methyl sites for hydroxylation is 1. The van der Waals surface area contributed by atoms with Crippen molar-refractivity contribution in [2.45, 2.75) is 25.8 Å². The van der Waals surface area contributed by atoms with Gasteiger partial charge in [-0.2, -0.15) is 0 Å². The summed E-state index contributed by atoms with van der Waals surface area (Å²) < 4.78 is 4.68. The van der Waals surface area contributed by atoms with Crippen molar-refractivity contribution in [1.29, 1.82) is 0 Å². The summed E-state index contributed by atoms with van der Waals surface area (Å²) in [5.74, 6) is -1.31. The first kappa shape index (κ1) is 19.9. The van der Waals surface area contributed by atoms with Crippen molar-refractivity contribution >= 4 is 17.8 Å². The Kier molecular flexibility index (Phi) is 7.83. The van der Waals surface area contributed by atoms with Crippen molar-refractivity contribution < 1.29 is 19.4 Å². The van der Waals surface area contributed by atoms with E-state index in [4.69, 9.17) is 5.73 Å². The molecule has 1 amide bonds. The Morgan fingerprint density at radius 3 is 2.56 bits per heavy atom. The van der Waals surface area contributed by atoms with Gasteiger partial charge in [-0.3, -0.25) is 4.79 Å². The second-order valence-electron chi connectivity index (χ2n) is 5.19. The van der Waals surface area contributed by atoms with Crippen LogP contribution in [0.25, 0.3) is 0 Å². The lowest BCUT2D eigenvalue weighted by Crippen LogP contribution is -2.41. The Hall–Kier alpha value is -3.17. The number of rotatable bonds is 8. The van der Waals surface area contributed by atoms with Crippen LogP contribution in [0.5, 0.6) is 0 Å². The van der Waals surface area contributed by atoms with Gasteiger partial charge >= 0.3 is 5.97 Å². The van der Waals surface area contributed by atoms with E-state index in [-0.39, 0.29) is 18.9 Å². The molecule has 0 saturated carbocycles. The number of nitro groups is 1. The van der Waals surface area contributed by atoms with Crippen LogP contribution < -0.4 is 16.5 Å². The Morgan fingerprint density at radius 1 is 1.36 bits per heavy atom. The minimum atomic E-state index is -0.848. The van der Waals surface area contributed by atoms with Crippen LogP contribution in [-0.4, -0.2) is 42.6 Å². The number of hydrogen-bond donors (Lipinski definition) is 3. The Balaban J connectivity index is 2.59. The topological polar surface area (TPSA) is 149 Å². The molecule has 0 heterocycles. The summed E-state index contributed by atoms with van der Waals surface area (Å²) in [5.41, 5.74) is 8.44. The van der Waals surface area contributed by atoms with Gasteiger partial charge < -0.3 is 15.8 Å². The summed E-state index contributed by atoms with van der Waals surface area (Å²) >= 11 is 0. The number of hydrazine groups is 1. The summed E-state index contributed by atoms with van der Waals surface area (Å²) in [7, 11) is 1.23. The zero-order valence-electron chi connectivity index (χ0n) is 14.0.